The van der Waals surface area contributed by atoms with E-state index in [9.17, 15) is 13.2 Å². The lowest BCUT2D eigenvalue weighted by atomic mass is 10.0. The Labute approximate surface area is 163 Å². The molecule has 1 aliphatic carbocycles. The van der Waals surface area contributed by atoms with E-state index in [1.165, 1.54) is 0 Å². The van der Waals surface area contributed by atoms with E-state index >= 15 is 0 Å². The number of rotatable bonds is 4. The van der Waals surface area contributed by atoms with Gasteiger partial charge in [0.05, 0.1) is 4.90 Å². The molecule has 1 atom stereocenters. The molecule has 3 rings (SSSR count). The summed E-state index contributed by atoms with van der Waals surface area (Å²) in [6.07, 6.45) is 6.91. The first-order valence-electron chi connectivity index (χ1n) is 9.73. The minimum absolute atomic E-state index is 0.141. The van der Waals surface area contributed by atoms with Crippen molar-refractivity contribution >= 4 is 15.9 Å². The van der Waals surface area contributed by atoms with Crippen LogP contribution in [0.25, 0.3) is 0 Å². The van der Waals surface area contributed by atoms with Gasteiger partial charge in [-0.1, -0.05) is 18.2 Å². The molecule has 0 saturated carbocycles. The molecule has 1 unspecified atom stereocenters. The van der Waals surface area contributed by atoms with Crippen LogP contribution in [0.3, 0.4) is 0 Å². The molecule has 1 aromatic carbocycles. The van der Waals surface area contributed by atoms with Crippen LogP contribution >= 0.6 is 0 Å². The van der Waals surface area contributed by atoms with Crippen LogP contribution in [0, 0.1) is 33.6 Å². The van der Waals surface area contributed by atoms with Crippen LogP contribution in [0.2, 0.25) is 0 Å². The molecule has 1 aromatic rings. The Morgan fingerprint density at radius 1 is 1.04 bits per heavy atom. The first-order chi connectivity index (χ1) is 12.7. The second-order valence-corrected chi connectivity index (χ2v) is 9.72. The molecule has 6 heteroatoms. The maximum Gasteiger partial charge on any atom is 0.243 e. The molecule has 0 radical (unpaired) electrons. The van der Waals surface area contributed by atoms with Crippen molar-refractivity contribution < 1.29 is 13.2 Å². The van der Waals surface area contributed by atoms with E-state index in [1.54, 1.807) is 4.31 Å². The highest BCUT2D eigenvalue weighted by Crippen LogP contribution is 2.29. The Hall–Kier alpha value is -1.66. The molecular weight excluding hydrogens is 360 g/mol. The topological polar surface area (TPSA) is 57.7 Å². The van der Waals surface area contributed by atoms with Gasteiger partial charge < -0.3 is 4.90 Å². The van der Waals surface area contributed by atoms with Gasteiger partial charge in [-0.2, -0.15) is 4.31 Å². The van der Waals surface area contributed by atoms with Crippen molar-refractivity contribution in [1.82, 2.24) is 9.21 Å². The highest BCUT2D eigenvalue weighted by Gasteiger charge is 2.33. The van der Waals surface area contributed by atoms with Crippen LogP contribution in [0.1, 0.15) is 41.5 Å². The molecule has 0 bridgehead atoms. The van der Waals surface area contributed by atoms with Gasteiger partial charge in [-0.3, -0.25) is 4.79 Å². The second-order valence-electron chi connectivity index (χ2n) is 7.84. The van der Waals surface area contributed by atoms with Crippen molar-refractivity contribution in [3.8, 4) is 0 Å². The molecule has 1 amide bonds. The Morgan fingerprint density at radius 2 is 1.63 bits per heavy atom. The van der Waals surface area contributed by atoms with E-state index in [0.29, 0.717) is 43.4 Å². The van der Waals surface area contributed by atoms with E-state index in [4.69, 9.17) is 0 Å². The highest BCUT2D eigenvalue weighted by molar-refractivity contribution is 7.89. The van der Waals surface area contributed by atoms with Crippen LogP contribution in [0.4, 0.5) is 0 Å². The number of carbonyl (C=O) groups excluding carboxylic acids is 1. The number of hydrogen-bond donors (Lipinski definition) is 0. The van der Waals surface area contributed by atoms with Crippen molar-refractivity contribution in [2.24, 2.45) is 5.92 Å². The number of piperazine rings is 1. The fourth-order valence-corrected chi connectivity index (χ4v) is 6.09. The summed E-state index contributed by atoms with van der Waals surface area (Å²) in [5, 5.41) is 0. The largest absolute Gasteiger partial charge is 0.340 e. The van der Waals surface area contributed by atoms with Crippen molar-refractivity contribution in [3.63, 3.8) is 0 Å². The third-order valence-corrected chi connectivity index (χ3v) is 8.21. The quantitative estimate of drug-likeness (QED) is 0.742. The van der Waals surface area contributed by atoms with E-state index in [-0.39, 0.29) is 5.91 Å². The molecule has 0 spiro atoms. The predicted molar refractivity (Wildman–Crippen MR) is 107 cm³/mol. The summed E-state index contributed by atoms with van der Waals surface area (Å²) in [5.74, 6) is 0.488. The Morgan fingerprint density at radius 3 is 2.15 bits per heavy atom. The number of hydrogen-bond acceptors (Lipinski definition) is 3. The summed E-state index contributed by atoms with van der Waals surface area (Å²) < 4.78 is 28.1. The molecule has 5 nitrogen and oxygen atoms in total. The van der Waals surface area contributed by atoms with Gasteiger partial charge in [-0.05, 0) is 68.7 Å². The predicted octanol–water partition coefficient (Wildman–Crippen LogP) is 3.11. The van der Waals surface area contributed by atoms with Crippen molar-refractivity contribution in [3.05, 3.63) is 40.5 Å². The molecular formula is C21H30N2O3S. The summed E-state index contributed by atoms with van der Waals surface area (Å²) in [6, 6.07) is 2.04. The zero-order chi connectivity index (χ0) is 19.8. The zero-order valence-corrected chi connectivity index (χ0v) is 17.6. The molecule has 2 aliphatic rings. The van der Waals surface area contributed by atoms with E-state index in [1.807, 2.05) is 38.7 Å². The number of sulfonamides is 1. The van der Waals surface area contributed by atoms with Crippen molar-refractivity contribution in [1.29, 1.82) is 0 Å². The maximum absolute atomic E-state index is 13.3. The minimum atomic E-state index is -3.56. The molecule has 1 aliphatic heterocycles. The van der Waals surface area contributed by atoms with Crippen LogP contribution in [-0.4, -0.2) is 49.7 Å². The molecule has 0 aromatic heterocycles. The second kappa shape index (κ2) is 7.76. The third-order valence-electron chi connectivity index (χ3n) is 6.04. The summed E-state index contributed by atoms with van der Waals surface area (Å²) in [6.45, 7) is 9.33. The van der Waals surface area contributed by atoms with Gasteiger partial charge >= 0.3 is 0 Å². The Balaban J connectivity index is 1.72. The van der Waals surface area contributed by atoms with Gasteiger partial charge in [0, 0.05) is 32.6 Å². The van der Waals surface area contributed by atoms with Gasteiger partial charge in [-0.15, -0.1) is 0 Å². The average Bonchev–Trinajstić information content (AvgIpc) is 3.13. The molecule has 1 fully saturated rings. The lowest BCUT2D eigenvalue weighted by molar-refractivity contribution is -0.133. The van der Waals surface area contributed by atoms with Gasteiger partial charge in [0.1, 0.15) is 0 Å². The van der Waals surface area contributed by atoms with Crippen LogP contribution in [0.15, 0.2) is 23.1 Å². The monoisotopic (exact) mass is 390 g/mol. The normalized spacial score (nSPS) is 21.0. The first-order valence-corrected chi connectivity index (χ1v) is 11.2. The number of nitrogens with zero attached hydrogens (tertiary/aromatic N) is 2. The smallest absolute Gasteiger partial charge is 0.243 e. The summed E-state index contributed by atoms with van der Waals surface area (Å²) in [5.41, 5.74) is 3.64. The molecule has 148 valence electrons. The SMILES string of the molecule is Cc1cc(C)c(C)c(S(=O)(=O)N2CCN(C(=O)CC3C=CCC3)CC2)c1C. The maximum atomic E-state index is 13.3. The van der Waals surface area contributed by atoms with Crippen LogP contribution in [0.5, 0.6) is 0 Å². The van der Waals surface area contributed by atoms with E-state index < -0.39 is 10.0 Å². The summed E-state index contributed by atoms with van der Waals surface area (Å²) in [4.78, 5) is 14.8. The average molecular weight is 391 g/mol. The number of aryl methyl sites for hydroxylation is 2. The Kier molecular flexibility index (Phi) is 5.77. The number of carbonyl (C=O) groups is 1. The zero-order valence-electron chi connectivity index (χ0n) is 16.8. The summed E-state index contributed by atoms with van der Waals surface area (Å²) >= 11 is 0. The number of allylic oxidation sites excluding steroid dienone is 2. The fourth-order valence-electron chi connectivity index (χ4n) is 4.09. The van der Waals surface area contributed by atoms with Gasteiger partial charge in [0.25, 0.3) is 0 Å². The lowest BCUT2D eigenvalue weighted by Crippen LogP contribution is -2.50. The third kappa shape index (κ3) is 3.97. The fraction of sp³-hybridized carbons (Fsp3) is 0.571. The van der Waals surface area contributed by atoms with Crippen molar-refractivity contribution in [2.45, 2.75) is 51.9 Å². The van der Waals surface area contributed by atoms with Gasteiger partial charge in [0.15, 0.2) is 0 Å². The number of amides is 1. The van der Waals surface area contributed by atoms with Crippen molar-refractivity contribution in [2.75, 3.05) is 26.2 Å². The van der Waals surface area contributed by atoms with Gasteiger partial charge in [0.2, 0.25) is 15.9 Å². The highest BCUT2D eigenvalue weighted by atomic mass is 32.2. The van der Waals surface area contributed by atoms with E-state index in [2.05, 4.69) is 12.2 Å². The molecule has 1 saturated heterocycles. The van der Waals surface area contributed by atoms with E-state index in [0.717, 1.165) is 35.1 Å². The first kappa shape index (κ1) is 20.1. The Bertz CT molecular complexity index is 840. The lowest BCUT2D eigenvalue weighted by Gasteiger charge is -2.35. The molecule has 1 heterocycles. The van der Waals surface area contributed by atoms with Gasteiger partial charge in [-0.25, -0.2) is 8.42 Å². The molecule has 27 heavy (non-hydrogen) atoms. The van der Waals surface area contributed by atoms with Crippen LogP contribution in [-0.2, 0) is 14.8 Å². The standard InChI is InChI=1S/C21H30N2O3S/c1-15-13-16(2)18(4)21(17(15)3)27(25,26)23-11-9-22(10-12-23)20(24)14-19-7-5-6-8-19/h5,7,13,19H,6,8-12,14H2,1-4H3. The number of benzene rings is 1. The molecule has 0 N–H and O–H groups in total. The summed E-state index contributed by atoms with van der Waals surface area (Å²) in [7, 11) is -3.56. The minimum Gasteiger partial charge on any atom is -0.340 e. The van der Waals surface area contributed by atoms with Crippen LogP contribution < -0.4 is 0 Å².